The highest BCUT2D eigenvalue weighted by atomic mass is 16.4. The molecule has 4 nitrogen and oxygen atoms in total. The second-order valence-corrected chi connectivity index (χ2v) is 5.76. The Hall–Kier alpha value is -1.94. The van der Waals surface area contributed by atoms with E-state index in [9.17, 15) is 9.90 Å². The largest absolute Gasteiger partial charge is 0.481 e. The molecule has 1 atom stereocenters. The van der Waals surface area contributed by atoms with E-state index in [-0.39, 0.29) is 12.5 Å². The van der Waals surface area contributed by atoms with Gasteiger partial charge in [-0.2, -0.15) is 0 Å². The number of aliphatic carboxylic acids is 1. The van der Waals surface area contributed by atoms with Crippen molar-refractivity contribution in [3.05, 3.63) is 41.6 Å². The number of hydrogen-bond acceptors (Lipinski definition) is 3. The first-order valence-electron chi connectivity index (χ1n) is 7.46. The molecule has 1 saturated heterocycles. The Labute approximate surface area is 124 Å². The Morgan fingerprint density at radius 1 is 1.29 bits per heavy atom. The van der Waals surface area contributed by atoms with E-state index in [4.69, 9.17) is 0 Å². The molecule has 0 bridgehead atoms. The van der Waals surface area contributed by atoms with Crippen molar-refractivity contribution in [2.24, 2.45) is 0 Å². The molecule has 4 heteroatoms. The fourth-order valence-electron chi connectivity index (χ4n) is 3.13. The van der Waals surface area contributed by atoms with Crippen LogP contribution in [0.2, 0.25) is 0 Å². The lowest BCUT2D eigenvalue weighted by Crippen LogP contribution is -2.27. The molecular weight excluding hydrogens is 264 g/mol. The maximum Gasteiger partial charge on any atom is 0.305 e. The second-order valence-electron chi connectivity index (χ2n) is 5.76. The van der Waals surface area contributed by atoms with Gasteiger partial charge in [0.1, 0.15) is 0 Å². The van der Waals surface area contributed by atoms with Gasteiger partial charge in [-0.3, -0.25) is 14.7 Å². The number of fused-ring (bicyclic) bond motifs is 1. The topological polar surface area (TPSA) is 53.4 Å². The molecule has 0 aliphatic carbocycles. The molecule has 0 radical (unpaired) electrons. The van der Waals surface area contributed by atoms with Crippen LogP contribution < -0.4 is 0 Å². The summed E-state index contributed by atoms with van der Waals surface area (Å²) in [7, 11) is 0. The molecule has 1 aliphatic heterocycles. The van der Waals surface area contributed by atoms with Crippen LogP contribution in [0.5, 0.6) is 0 Å². The van der Waals surface area contributed by atoms with Gasteiger partial charge in [0.05, 0.1) is 11.9 Å². The number of benzene rings is 1. The lowest BCUT2D eigenvalue weighted by atomic mass is 10.00. The molecule has 1 fully saturated rings. The van der Waals surface area contributed by atoms with E-state index in [2.05, 4.69) is 22.0 Å². The van der Waals surface area contributed by atoms with Gasteiger partial charge in [0.25, 0.3) is 0 Å². The molecule has 1 aliphatic rings. The molecule has 1 aromatic heterocycles. The number of aryl methyl sites for hydroxylation is 1. The first-order chi connectivity index (χ1) is 10.1. The monoisotopic (exact) mass is 284 g/mol. The average Bonchev–Trinajstić information content (AvgIpc) is 2.98. The Bertz CT molecular complexity index is 663. The molecular formula is C17H20N2O2. The summed E-state index contributed by atoms with van der Waals surface area (Å²) in [4.78, 5) is 18.0. The summed E-state index contributed by atoms with van der Waals surface area (Å²) in [5, 5.41) is 10.3. The number of carboxylic acid groups (broad SMARTS) is 1. The summed E-state index contributed by atoms with van der Waals surface area (Å²) in [6.07, 6.45) is 2.47. The maximum absolute atomic E-state index is 11.2. The van der Waals surface area contributed by atoms with E-state index in [1.165, 1.54) is 0 Å². The second kappa shape index (κ2) is 5.82. The molecule has 2 aromatic rings. The van der Waals surface area contributed by atoms with Gasteiger partial charge in [-0.15, -0.1) is 0 Å². The third-order valence-electron chi connectivity index (χ3n) is 4.19. The number of likely N-dealkylation sites (tertiary alicyclic amines) is 1. The van der Waals surface area contributed by atoms with Crippen LogP contribution in [-0.2, 0) is 4.79 Å². The van der Waals surface area contributed by atoms with E-state index < -0.39 is 5.97 Å². The zero-order chi connectivity index (χ0) is 14.8. The van der Waals surface area contributed by atoms with Gasteiger partial charge < -0.3 is 5.11 Å². The van der Waals surface area contributed by atoms with Gasteiger partial charge in [-0.05, 0) is 56.6 Å². The fraction of sp³-hybridized carbons (Fsp3) is 0.412. The third kappa shape index (κ3) is 3.05. The SMILES string of the molecule is Cc1ccc2cc(C(CC(=O)O)N3CCCC3)ccc2n1. The van der Waals surface area contributed by atoms with Crippen LogP contribution in [0.15, 0.2) is 30.3 Å². The number of carbonyl (C=O) groups is 1. The summed E-state index contributed by atoms with van der Waals surface area (Å²) in [6.45, 7) is 3.95. The standard InChI is InChI=1S/C17H20N2O2/c1-12-4-5-13-10-14(6-7-15(13)18-12)16(11-17(20)21)19-8-2-3-9-19/h4-7,10,16H,2-3,8-9,11H2,1H3,(H,20,21). The molecule has 21 heavy (non-hydrogen) atoms. The Balaban J connectivity index is 1.97. The molecule has 0 saturated carbocycles. The summed E-state index contributed by atoms with van der Waals surface area (Å²) in [5.41, 5.74) is 3.04. The number of rotatable bonds is 4. The molecule has 1 N–H and O–H groups in total. The Kier molecular flexibility index (Phi) is 3.88. The quantitative estimate of drug-likeness (QED) is 0.937. The normalized spacial score (nSPS) is 17.2. The van der Waals surface area contributed by atoms with E-state index in [0.717, 1.165) is 48.1 Å². The first-order valence-corrected chi connectivity index (χ1v) is 7.46. The van der Waals surface area contributed by atoms with Crippen LogP contribution in [0, 0.1) is 6.92 Å². The fourth-order valence-corrected chi connectivity index (χ4v) is 3.13. The lowest BCUT2D eigenvalue weighted by Gasteiger charge is -2.26. The minimum Gasteiger partial charge on any atom is -0.481 e. The van der Waals surface area contributed by atoms with Crippen molar-refractivity contribution in [2.45, 2.75) is 32.2 Å². The first kappa shape index (κ1) is 14.0. The van der Waals surface area contributed by atoms with Gasteiger partial charge in [0.15, 0.2) is 0 Å². The molecule has 110 valence electrons. The van der Waals surface area contributed by atoms with E-state index >= 15 is 0 Å². The van der Waals surface area contributed by atoms with Crippen LogP contribution in [0.25, 0.3) is 10.9 Å². The maximum atomic E-state index is 11.2. The van der Waals surface area contributed by atoms with Crippen molar-refractivity contribution in [1.82, 2.24) is 9.88 Å². The zero-order valence-corrected chi connectivity index (χ0v) is 12.2. The number of hydrogen-bond donors (Lipinski definition) is 1. The van der Waals surface area contributed by atoms with Crippen LogP contribution in [-0.4, -0.2) is 34.0 Å². The molecule has 3 rings (SSSR count). The zero-order valence-electron chi connectivity index (χ0n) is 12.2. The van der Waals surface area contributed by atoms with E-state index in [1.54, 1.807) is 0 Å². The molecule has 2 heterocycles. The minimum absolute atomic E-state index is 0.0318. The predicted molar refractivity (Wildman–Crippen MR) is 82.3 cm³/mol. The van der Waals surface area contributed by atoms with Crippen molar-refractivity contribution in [3.63, 3.8) is 0 Å². The summed E-state index contributed by atoms with van der Waals surface area (Å²) in [6, 6.07) is 10.1. The number of aromatic nitrogens is 1. The van der Waals surface area contributed by atoms with Crippen LogP contribution in [0.1, 0.15) is 36.6 Å². The number of pyridine rings is 1. The van der Waals surface area contributed by atoms with E-state index in [0.29, 0.717) is 0 Å². The number of carboxylic acids is 1. The summed E-state index contributed by atoms with van der Waals surface area (Å²) >= 11 is 0. The van der Waals surface area contributed by atoms with Gasteiger partial charge in [0.2, 0.25) is 0 Å². The van der Waals surface area contributed by atoms with Gasteiger partial charge in [-0.1, -0.05) is 12.1 Å². The van der Waals surface area contributed by atoms with Crippen molar-refractivity contribution >= 4 is 16.9 Å². The Morgan fingerprint density at radius 3 is 2.76 bits per heavy atom. The van der Waals surface area contributed by atoms with E-state index in [1.807, 2.05) is 25.1 Å². The summed E-state index contributed by atoms with van der Waals surface area (Å²) < 4.78 is 0. The highest BCUT2D eigenvalue weighted by molar-refractivity contribution is 5.79. The van der Waals surface area contributed by atoms with Gasteiger partial charge in [-0.25, -0.2) is 0 Å². The highest BCUT2D eigenvalue weighted by Crippen LogP contribution is 2.30. The minimum atomic E-state index is -0.742. The van der Waals surface area contributed by atoms with Crippen molar-refractivity contribution < 1.29 is 9.90 Å². The van der Waals surface area contributed by atoms with Gasteiger partial charge >= 0.3 is 5.97 Å². The molecule has 0 spiro atoms. The third-order valence-corrected chi connectivity index (χ3v) is 4.19. The summed E-state index contributed by atoms with van der Waals surface area (Å²) in [5.74, 6) is -0.742. The molecule has 1 unspecified atom stereocenters. The Morgan fingerprint density at radius 2 is 2.05 bits per heavy atom. The van der Waals surface area contributed by atoms with Crippen molar-refractivity contribution in [1.29, 1.82) is 0 Å². The highest BCUT2D eigenvalue weighted by Gasteiger charge is 2.25. The smallest absolute Gasteiger partial charge is 0.305 e. The van der Waals surface area contributed by atoms with Gasteiger partial charge in [0, 0.05) is 17.1 Å². The van der Waals surface area contributed by atoms with Crippen molar-refractivity contribution in [3.8, 4) is 0 Å². The van der Waals surface area contributed by atoms with Crippen LogP contribution in [0.3, 0.4) is 0 Å². The average molecular weight is 284 g/mol. The molecule has 0 amide bonds. The molecule has 1 aromatic carbocycles. The van der Waals surface area contributed by atoms with Crippen LogP contribution in [0.4, 0.5) is 0 Å². The van der Waals surface area contributed by atoms with Crippen molar-refractivity contribution in [2.75, 3.05) is 13.1 Å². The van der Waals surface area contributed by atoms with Crippen LogP contribution >= 0.6 is 0 Å². The lowest BCUT2D eigenvalue weighted by molar-refractivity contribution is -0.138. The predicted octanol–water partition coefficient (Wildman–Crippen LogP) is 3.15. The number of nitrogens with zero attached hydrogens (tertiary/aromatic N) is 2.